The van der Waals surface area contributed by atoms with Crippen molar-refractivity contribution in [2.45, 2.75) is 13.3 Å². The van der Waals surface area contributed by atoms with Gasteiger partial charge in [-0.1, -0.05) is 6.08 Å². The second-order valence-electron chi connectivity index (χ2n) is 1.59. The van der Waals surface area contributed by atoms with E-state index in [-0.39, 0.29) is 12.2 Å². The fourth-order valence-corrected chi connectivity index (χ4v) is 0.321. The number of aliphatic carboxylic acids is 1. The SMILES string of the molecule is CC(=O)/C=C/CC(=O)[O-]. The van der Waals surface area contributed by atoms with Crippen molar-refractivity contribution in [2.24, 2.45) is 0 Å². The molecule has 3 nitrogen and oxygen atoms in total. The van der Waals surface area contributed by atoms with Gasteiger partial charge in [0.1, 0.15) is 0 Å². The number of ketones is 1. The van der Waals surface area contributed by atoms with Crippen molar-refractivity contribution in [2.75, 3.05) is 0 Å². The van der Waals surface area contributed by atoms with E-state index in [0.29, 0.717) is 0 Å². The zero-order valence-electron chi connectivity index (χ0n) is 5.09. The Hall–Kier alpha value is -1.12. The summed E-state index contributed by atoms with van der Waals surface area (Å²) in [7, 11) is 0. The summed E-state index contributed by atoms with van der Waals surface area (Å²) < 4.78 is 0. The minimum atomic E-state index is -1.17. The smallest absolute Gasteiger partial charge is 0.152 e. The van der Waals surface area contributed by atoms with Crippen molar-refractivity contribution in [3.05, 3.63) is 12.2 Å². The first kappa shape index (κ1) is 7.88. The van der Waals surface area contributed by atoms with Crippen molar-refractivity contribution in [1.29, 1.82) is 0 Å². The highest BCUT2D eigenvalue weighted by molar-refractivity contribution is 5.87. The Kier molecular flexibility index (Phi) is 3.35. The topological polar surface area (TPSA) is 57.2 Å². The van der Waals surface area contributed by atoms with E-state index in [1.807, 2.05) is 0 Å². The molecule has 0 saturated heterocycles. The van der Waals surface area contributed by atoms with Gasteiger partial charge in [-0.15, -0.1) is 0 Å². The quantitative estimate of drug-likeness (QED) is 0.470. The molecule has 3 heteroatoms. The van der Waals surface area contributed by atoms with Crippen LogP contribution in [0.1, 0.15) is 13.3 Å². The molecule has 0 atom stereocenters. The number of carbonyl (C=O) groups excluding carboxylic acids is 2. The van der Waals surface area contributed by atoms with Crippen LogP contribution in [0.4, 0.5) is 0 Å². The number of carboxylic acid groups (broad SMARTS) is 1. The van der Waals surface area contributed by atoms with Crippen LogP contribution in [0.15, 0.2) is 12.2 Å². The van der Waals surface area contributed by atoms with E-state index < -0.39 is 5.97 Å². The van der Waals surface area contributed by atoms with Gasteiger partial charge in [-0.05, 0) is 13.0 Å². The molecule has 0 spiro atoms. The standard InChI is InChI=1S/C6H8O3/c1-5(7)3-2-4-6(8)9/h2-3H,4H2,1H3,(H,8,9)/p-1/b3-2+. The summed E-state index contributed by atoms with van der Waals surface area (Å²) in [5.41, 5.74) is 0. The Morgan fingerprint density at radius 1 is 1.56 bits per heavy atom. The summed E-state index contributed by atoms with van der Waals surface area (Å²) in [6.07, 6.45) is 2.27. The number of allylic oxidation sites excluding steroid dienone is 1. The van der Waals surface area contributed by atoms with Crippen molar-refractivity contribution in [3.63, 3.8) is 0 Å². The van der Waals surface area contributed by atoms with E-state index in [0.717, 1.165) is 0 Å². The molecule has 50 valence electrons. The maximum absolute atomic E-state index is 10.1. The van der Waals surface area contributed by atoms with E-state index in [1.165, 1.54) is 19.1 Å². The number of hydrogen-bond acceptors (Lipinski definition) is 3. The summed E-state index contributed by atoms with van der Waals surface area (Å²) in [5.74, 6) is -1.33. The first-order valence-electron chi connectivity index (χ1n) is 2.50. The van der Waals surface area contributed by atoms with Gasteiger partial charge in [0, 0.05) is 12.4 Å². The zero-order valence-corrected chi connectivity index (χ0v) is 5.09. The molecule has 0 bridgehead atoms. The van der Waals surface area contributed by atoms with Gasteiger partial charge < -0.3 is 9.90 Å². The van der Waals surface area contributed by atoms with Crippen molar-refractivity contribution < 1.29 is 14.7 Å². The van der Waals surface area contributed by atoms with Gasteiger partial charge in [-0.2, -0.15) is 0 Å². The third-order valence-corrected chi connectivity index (χ3v) is 0.637. The molecule has 0 heterocycles. The first-order chi connectivity index (χ1) is 4.13. The predicted molar refractivity (Wildman–Crippen MR) is 29.4 cm³/mol. The van der Waals surface area contributed by atoms with Gasteiger partial charge >= 0.3 is 0 Å². The molecule has 0 saturated carbocycles. The molecule has 0 aromatic heterocycles. The van der Waals surface area contributed by atoms with Gasteiger partial charge in [0.25, 0.3) is 0 Å². The largest absolute Gasteiger partial charge is 0.550 e. The summed E-state index contributed by atoms with van der Waals surface area (Å²) in [4.78, 5) is 19.8. The van der Waals surface area contributed by atoms with Gasteiger partial charge in [0.05, 0.1) is 0 Å². The molecule has 0 rings (SSSR count). The molecule has 0 aromatic carbocycles. The van der Waals surface area contributed by atoms with Gasteiger partial charge in [0.15, 0.2) is 5.78 Å². The van der Waals surface area contributed by atoms with Crippen LogP contribution in [0.25, 0.3) is 0 Å². The van der Waals surface area contributed by atoms with Gasteiger partial charge in [-0.25, -0.2) is 0 Å². The number of carboxylic acids is 1. The minimum Gasteiger partial charge on any atom is -0.550 e. The highest BCUT2D eigenvalue weighted by atomic mass is 16.4. The van der Waals surface area contributed by atoms with Crippen molar-refractivity contribution in [3.8, 4) is 0 Å². The van der Waals surface area contributed by atoms with E-state index in [4.69, 9.17) is 0 Å². The lowest BCUT2D eigenvalue weighted by Crippen LogP contribution is -2.20. The molecule has 9 heavy (non-hydrogen) atoms. The lowest BCUT2D eigenvalue weighted by molar-refractivity contribution is -0.304. The van der Waals surface area contributed by atoms with Gasteiger partial charge in [0.2, 0.25) is 0 Å². The average Bonchev–Trinajstić information content (AvgIpc) is 1.63. The zero-order chi connectivity index (χ0) is 7.28. The maximum atomic E-state index is 10.1. The van der Waals surface area contributed by atoms with Crippen LogP contribution in [0.3, 0.4) is 0 Å². The monoisotopic (exact) mass is 127 g/mol. The van der Waals surface area contributed by atoms with E-state index in [2.05, 4.69) is 0 Å². The molecule has 0 aromatic rings. The molecule has 0 unspecified atom stereocenters. The molecule has 0 N–H and O–H groups in total. The third kappa shape index (κ3) is 6.88. The van der Waals surface area contributed by atoms with Crippen LogP contribution in [0.5, 0.6) is 0 Å². The number of carbonyl (C=O) groups is 2. The number of hydrogen-bond donors (Lipinski definition) is 0. The summed E-state index contributed by atoms with van der Waals surface area (Å²) in [5, 5.41) is 9.71. The Morgan fingerprint density at radius 3 is 2.44 bits per heavy atom. The molecule has 0 radical (unpaired) electrons. The fourth-order valence-electron chi connectivity index (χ4n) is 0.321. The molecule has 0 fully saturated rings. The first-order valence-corrected chi connectivity index (χ1v) is 2.50. The van der Waals surface area contributed by atoms with Crippen LogP contribution >= 0.6 is 0 Å². The van der Waals surface area contributed by atoms with Crippen LogP contribution in [-0.4, -0.2) is 11.8 Å². The summed E-state index contributed by atoms with van der Waals surface area (Å²) >= 11 is 0. The minimum absolute atomic E-state index is 0.156. The Balaban J connectivity index is 3.48. The molecule has 0 amide bonds. The molecule has 0 aliphatic rings. The Labute approximate surface area is 53.0 Å². The van der Waals surface area contributed by atoms with Crippen molar-refractivity contribution in [1.82, 2.24) is 0 Å². The summed E-state index contributed by atoms with van der Waals surface area (Å²) in [6.45, 7) is 1.35. The highest BCUT2D eigenvalue weighted by Gasteiger charge is 1.81. The maximum Gasteiger partial charge on any atom is 0.152 e. The predicted octanol–water partition coefficient (Wildman–Crippen LogP) is -0.728. The fraction of sp³-hybridized carbons (Fsp3) is 0.333. The number of rotatable bonds is 3. The van der Waals surface area contributed by atoms with Crippen LogP contribution in [0.2, 0.25) is 0 Å². The normalized spacial score (nSPS) is 9.89. The average molecular weight is 127 g/mol. The van der Waals surface area contributed by atoms with Crippen LogP contribution < -0.4 is 5.11 Å². The lowest BCUT2D eigenvalue weighted by Gasteiger charge is -1.91. The van der Waals surface area contributed by atoms with Crippen molar-refractivity contribution >= 4 is 11.8 Å². The van der Waals surface area contributed by atoms with Gasteiger partial charge in [-0.3, -0.25) is 4.79 Å². The second-order valence-corrected chi connectivity index (χ2v) is 1.59. The van der Waals surface area contributed by atoms with Crippen LogP contribution in [0, 0.1) is 0 Å². The Morgan fingerprint density at radius 2 is 2.11 bits per heavy atom. The van der Waals surface area contributed by atoms with Crippen LogP contribution in [-0.2, 0) is 9.59 Å². The molecule has 0 aliphatic heterocycles. The second kappa shape index (κ2) is 3.83. The van der Waals surface area contributed by atoms with E-state index in [1.54, 1.807) is 0 Å². The van der Waals surface area contributed by atoms with E-state index >= 15 is 0 Å². The van der Waals surface area contributed by atoms with E-state index in [9.17, 15) is 14.7 Å². The highest BCUT2D eigenvalue weighted by Crippen LogP contribution is 1.80. The summed E-state index contributed by atoms with van der Waals surface area (Å²) in [6, 6.07) is 0. The lowest BCUT2D eigenvalue weighted by atomic mass is 10.3. The molecular weight excluding hydrogens is 120 g/mol. The molecular formula is C6H7O3-. The third-order valence-electron chi connectivity index (χ3n) is 0.637. The Bertz CT molecular complexity index is 146. The molecule has 0 aliphatic carbocycles.